The van der Waals surface area contributed by atoms with E-state index in [1.165, 1.54) is 0 Å². The molecule has 37 heavy (non-hydrogen) atoms. The zero-order valence-electron chi connectivity index (χ0n) is 21.3. The molecule has 0 spiro atoms. The number of rotatable bonds is 10. The van der Waals surface area contributed by atoms with Crippen molar-refractivity contribution in [1.82, 2.24) is 10.2 Å². The third-order valence-electron chi connectivity index (χ3n) is 6.63. The minimum absolute atomic E-state index is 0.0540. The molecule has 0 radical (unpaired) electrons. The zero-order valence-corrected chi connectivity index (χ0v) is 22.8. The molecule has 0 unspecified atom stereocenters. The summed E-state index contributed by atoms with van der Waals surface area (Å²) >= 11 is 12.8. The second-order valence-electron chi connectivity index (χ2n) is 9.55. The smallest absolute Gasteiger partial charge is 0.258 e. The van der Waals surface area contributed by atoms with E-state index in [0.29, 0.717) is 40.6 Å². The Morgan fingerprint density at radius 3 is 2.30 bits per heavy atom. The topological polar surface area (TPSA) is 69.7 Å². The summed E-state index contributed by atoms with van der Waals surface area (Å²) in [7, 11) is 0. The van der Waals surface area contributed by atoms with Gasteiger partial charge in [0, 0.05) is 52.1 Å². The average molecular weight is 540 g/mol. The number of nitrogens with zero attached hydrogens (tertiary/aromatic N) is 2. The molecule has 4 rings (SSSR count). The fourth-order valence-electron chi connectivity index (χ4n) is 4.89. The average Bonchev–Trinajstić information content (AvgIpc) is 3.13. The normalized spacial score (nSPS) is 13.4. The molecule has 3 aromatic carbocycles. The molecular formula is C29H31Cl2N3O3. The number of benzene rings is 3. The van der Waals surface area contributed by atoms with Crippen molar-refractivity contribution in [2.24, 2.45) is 0 Å². The summed E-state index contributed by atoms with van der Waals surface area (Å²) in [4.78, 5) is 43.0. The van der Waals surface area contributed by atoms with Crippen molar-refractivity contribution >= 4 is 57.4 Å². The van der Waals surface area contributed by atoms with Crippen molar-refractivity contribution in [3.05, 3.63) is 75.8 Å². The minimum Gasteiger partial charge on any atom is -0.352 e. The van der Waals surface area contributed by atoms with E-state index >= 15 is 0 Å². The van der Waals surface area contributed by atoms with E-state index in [1.807, 2.05) is 57.2 Å². The van der Waals surface area contributed by atoms with Gasteiger partial charge in [-0.2, -0.15) is 0 Å². The summed E-state index contributed by atoms with van der Waals surface area (Å²) < 4.78 is 0. The van der Waals surface area contributed by atoms with Gasteiger partial charge in [0.2, 0.25) is 11.8 Å². The molecule has 6 nitrogen and oxygen atoms in total. The Balaban J connectivity index is 1.52. The summed E-state index contributed by atoms with van der Waals surface area (Å²) in [5.74, 6) is -0.461. The number of anilines is 1. The highest BCUT2D eigenvalue weighted by molar-refractivity contribution is 6.36. The Hall–Kier alpha value is -3.09. The molecule has 0 saturated heterocycles. The highest BCUT2D eigenvalue weighted by atomic mass is 35.5. The predicted molar refractivity (Wildman–Crippen MR) is 149 cm³/mol. The second kappa shape index (κ2) is 11.5. The standard InChI is InChI=1S/C29H31Cl2N3O3/c1-4-24(28(36)32-18(2)3)34(17-21-22(30)12-7-13-23(21)31)26(35)15-8-16-33-25-14-6-10-19-9-5-11-20(27(19)25)29(33)37/h5-7,9-14,18,24H,4,8,15-17H2,1-3H3,(H,32,36)/t24-/m1/s1. The predicted octanol–water partition coefficient (Wildman–Crippen LogP) is 6.22. The first kappa shape index (κ1) is 27.0. The van der Waals surface area contributed by atoms with Crippen LogP contribution in [0.3, 0.4) is 0 Å². The van der Waals surface area contributed by atoms with Crippen molar-refractivity contribution < 1.29 is 14.4 Å². The van der Waals surface area contributed by atoms with Gasteiger partial charge in [-0.15, -0.1) is 0 Å². The van der Waals surface area contributed by atoms with Crippen LogP contribution in [0, 0.1) is 0 Å². The molecule has 3 aromatic rings. The summed E-state index contributed by atoms with van der Waals surface area (Å²) in [5.41, 5.74) is 2.16. The number of hydrogen-bond donors (Lipinski definition) is 1. The molecule has 194 valence electrons. The van der Waals surface area contributed by atoms with Gasteiger partial charge in [0.1, 0.15) is 6.04 Å². The lowest BCUT2D eigenvalue weighted by Crippen LogP contribution is -2.50. The van der Waals surface area contributed by atoms with Crippen LogP contribution in [-0.4, -0.2) is 41.2 Å². The fraction of sp³-hybridized carbons (Fsp3) is 0.345. The maximum absolute atomic E-state index is 13.6. The first-order chi connectivity index (χ1) is 17.7. The van der Waals surface area contributed by atoms with Crippen molar-refractivity contribution in [2.45, 2.75) is 58.7 Å². The van der Waals surface area contributed by atoms with Crippen LogP contribution in [0.15, 0.2) is 54.6 Å². The van der Waals surface area contributed by atoms with E-state index < -0.39 is 6.04 Å². The summed E-state index contributed by atoms with van der Waals surface area (Å²) in [6, 6.07) is 16.0. The number of amides is 3. The van der Waals surface area contributed by atoms with E-state index in [2.05, 4.69) is 5.32 Å². The monoisotopic (exact) mass is 539 g/mol. The lowest BCUT2D eigenvalue weighted by Gasteiger charge is -2.32. The lowest BCUT2D eigenvalue weighted by atomic mass is 10.1. The molecular weight excluding hydrogens is 509 g/mol. The van der Waals surface area contributed by atoms with Gasteiger partial charge in [-0.05, 0) is 56.3 Å². The molecule has 3 amide bonds. The second-order valence-corrected chi connectivity index (χ2v) is 10.4. The Morgan fingerprint density at radius 1 is 1.00 bits per heavy atom. The Kier molecular flexibility index (Phi) is 8.40. The summed E-state index contributed by atoms with van der Waals surface area (Å²) in [5, 5.41) is 5.78. The largest absolute Gasteiger partial charge is 0.352 e. The van der Waals surface area contributed by atoms with E-state index in [-0.39, 0.29) is 36.7 Å². The maximum atomic E-state index is 13.6. The van der Waals surface area contributed by atoms with Gasteiger partial charge in [-0.1, -0.05) is 60.5 Å². The molecule has 1 N–H and O–H groups in total. The van der Waals surface area contributed by atoms with Crippen LogP contribution < -0.4 is 10.2 Å². The van der Waals surface area contributed by atoms with Crippen molar-refractivity contribution in [2.75, 3.05) is 11.4 Å². The fourth-order valence-corrected chi connectivity index (χ4v) is 5.40. The first-order valence-corrected chi connectivity index (χ1v) is 13.3. The molecule has 0 saturated carbocycles. The van der Waals surface area contributed by atoms with Crippen LogP contribution in [0.4, 0.5) is 5.69 Å². The van der Waals surface area contributed by atoms with Crippen LogP contribution in [0.2, 0.25) is 10.0 Å². The quantitative estimate of drug-likeness (QED) is 0.332. The molecule has 1 heterocycles. The van der Waals surface area contributed by atoms with Crippen molar-refractivity contribution in [1.29, 1.82) is 0 Å². The molecule has 0 aliphatic carbocycles. The number of nitrogens with one attached hydrogen (secondary N) is 1. The Bertz CT molecular complexity index is 1320. The highest BCUT2D eigenvalue weighted by Gasteiger charge is 2.32. The zero-order chi connectivity index (χ0) is 26.7. The van der Waals surface area contributed by atoms with Crippen LogP contribution in [0.5, 0.6) is 0 Å². The highest BCUT2D eigenvalue weighted by Crippen LogP contribution is 2.37. The van der Waals surface area contributed by atoms with Crippen molar-refractivity contribution in [3.8, 4) is 0 Å². The van der Waals surface area contributed by atoms with Crippen LogP contribution in [0.25, 0.3) is 10.8 Å². The van der Waals surface area contributed by atoms with Gasteiger partial charge in [-0.3, -0.25) is 14.4 Å². The van der Waals surface area contributed by atoms with Gasteiger partial charge in [0.15, 0.2) is 0 Å². The molecule has 0 bridgehead atoms. The van der Waals surface area contributed by atoms with Gasteiger partial charge < -0.3 is 15.1 Å². The molecule has 8 heteroatoms. The van der Waals surface area contributed by atoms with E-state index in [9.17, 15) is 14.4 Å². The number of carbonyl (C=O) groups excluding carboxylic acids is 3. The molecule has 0 aromatic heterocycles. The molecule has 1 atom stereocenters. The van der Waals surface area contributed by atoms with E-state index in [4.69, 9.17) is 23.2 Å². The van der Waals surface area contributed by atoms with Crippen molar-refractivity contribution in [3.63, 3.8) is 0 Å². The number of hydrogen-bond acceptors (Lipinski definition) is 3. The third-order valence-corrected chi connectivity index (χ3v) is 7.34. The van der Waals surface area contributed by atoms with Gasteiger partial charge >= 0.3 is 0 Å². The first-order valence-electron chi connectivity index (χ1n) is 12.6. The van der Waals surface area contributed by atoms with Crippen LogP contribution >= 0.6 is 23.2 Å². The van der Waals surface area contributed by atoms with E-state index in [1.54, 1.807) is 28.0 Å². The Labute approximate surface area is 227 Å². The Morgan fingerprint density at radius 2 is 1.65 bits per heavy atom. The molecule has 1 aliphatic heterocycles. The summed E-state index contributed by atoms with van der Waals surface area (Å²) in [6.07, 6.45) is 1.06. The lowest BCUT2D eigenvalue weighted by molar-refractivity contribution is -0.141. The van der Waals surface area contributed by atoms with Gasteiger partial charge in [0.25, 0.3) is 5.91 Å². The van der Waals surface area contributed by atoms with E-state index in [0.717, 1.165) is 16.5 Å². The minimum atomic E-state index is -0.673. The maximum Gasteiger partial charge on any atom is 0.258 e. The number of halogens is 2. The van der Waals surface area contributed by atoms with Crippen LogP contribution in [-0.2, 0) is 16.1 Å². The van der Waals surface area contributed by atoms with Crippen LogP contribution in [0.1, 0.15) is 56.0 Å². The van der Waals surface area contributed by atoms with Gasteiger partial charge in [0.05, 0.1) is 5.69 Å². The SMILES string of the molecule is CC[C@H](C(=O)NC(C)C)N(Cc1c(Cl)cccc1Cl)C(=O)CCCN1C(=O)c2cccc3cccc1c23. The summed E-state index contributed by atoms with van der Waals surface area (Å²) in [6.45, 7) is 6.16. The van der Waals surface area contributed by atoms with Gasteiger partial charge in [-0.25, -0.2) is 0 Å². The number of carbonyl (C=O) groups is 3. The molecule has 1 aliphatic rings. The third kappa shape index (κ3) is 5.60. The molecule has 0 fully saturated rings.